The van der Waals surface area contributed by atoms with Crippen LogP contribution in [0, 0.1) is 5.82 Å². The number of hydrogen-bond donors (Lipinski definition) is 1. The van der Waals surface area contributed by atoms with Crippen LogP contribution in [-0.2, 0) is 9.53 Å². The van der Waals surface area contributed by atoms with Gasteiger partial charge in [0.2, 0.25) is 0 Å². The van der Waals surface area contributed by atoms with Gasteiger partial charge < -0.3 is 19.9 Å². The maximum absolute atomic E-state index is 13.6. The van der Waals surface area contributed by atoms with Crippen molar-refractivity contribution in [3.63, 3.8) is 0 Å². The number of likely N-dealkylation sites (N-methyl/N-ethyl adjacent to an activating group) is 1. The second-order valence-corrected chi connectivity index (χ2v) is 9.23. The Labute approximate surface area is 192 Å². The maximum atomic E-state index is 13.6. The van der Waals surface area contributed by atoms with Crippen LogP contribution in [0.2, 0.25) is 0 Å². The number of ether oxygens (including phenoxy) is 1. The summed E-state index contributed by atoms with van der Waals surface area (Å²) in [6.07, 6.45) is 1.87. The summed E-state index contributed by atoms with van der Waals surface area (Å²) >= 11 is 0. The van der Waals surface area contributed by atoms with Gasteiger partial charge in [0.1, 0.15) is 17.2 Å². The van der Waals surface area contributed by atoms with Gasteiger partial charge in [-0.1, -0.05) is 12.1 Å². The Kier molecular flexibility index (Phi) is 5.09. The molecule has 3 aliphatic heterocycles. The molecule has 0 atom stereocenters. The van der Waals surface area contributed by atoms with Crippen LogP contribution in [0.5, 0.6) is 0 Å². The number of anilines is 1. The van der Waals surface area contributed by atoms with Gasteiger partial charge in [0.15, 0.2) is 0 Å². The maximum Gasteiger partial charge on any atom is 0.260 e. The van der Waals surface area contributed by atoms with E-state index in [0.29, 0.717) is 28.1 Å². The second-order valence-electron chi connectivity index (χ2n) is 9.23. The molecular formula is C26H26FN3O3. The Morgan fingerprint density at radius 2 is 1.76 bits per heavy atom. The van der Waals surface area contributed by atoms with E-state index in [2.05, 4.69) is 17.3 Å². The van der Waals surface area contributed by atoms with Crippen LogP contribution in [-0.4, -0.2) is 60.4 Å². The fourth-order valence-corrected chi connectivity index (χ4v) is 4.59. The lowest BCUT2D eigenvalue weighted by atomic mass is 9.91. The van der Waals surface area contributed by atoms with Crippen molar-refractivity contribution in [3.05, 3.63) is 76.8 Å². The molecule has 1 saturated heterocycles. The van der Waals surface area contributed by atoms with Crippen LogP contribution in [0.15, 0.2) is 54.3 Å². The van der Waals surface area contributed by atoms with Gasteiger partial charge in [0.05, 0.1) is 11.3 Å². The molecule has 2 aromatic rings. The first-order valence-electron chi connectivity index (χ1n) is 11.1. The molecule has 0 spiro atoms. The molecule has 2 amide bonds. The average Bonchev–Trinajstić information content (AvgIpc) is 3.27. The Morgan fingerprint density at radius 3 is 2.45 bits per heavy atom. The van der Waals surface area contributed by atoms with E-state index in [1.807, 2.05) is 49.1 Å². The summed E-state index contributed by atoms with van der Waals surface area (Å²) in [6.45, 7) is 7.09. The number of fused-ring (bicyclic) bond motifs is 1. The third-order valence-corrected chi connectivity index (χ3v) is 6.50. The number of hydrogen-bond acceptors (Lipinski definition) is 4. The monoisotopic (exact) mass is 447 g/mol. The van der Waals surface area contributed by atoms with Gasteiger partial charge in [-0.25, -0.2) is 4.39 Å². The highest BCUT2D eigenvalue weighted by Gasteiger charge is 2.38. The van der Waals surface area contributed by atoms with Gasteiger partial charge in [-0.3, -0.25) is 9.59 Å². The summed E-state index contributed by atoms with van der Waals surface area (Å²) in [5, 5.41) is 2.71. The lowest BCUT2D eigenvalue weighted by Crippen LogP contribution is -2.47. The third kappa shape index (κ3) is 3.82. The summed E-state index contributed by atoms with van der Waals surface area (Å²) in [5.74, 6) is -0.224. The van der Waals surface area contributed by atoms with Crippen LogP contribution < -0.4 is 5.32 Å². The number of halogens is 1. The van der Waals surface area contributed by atoms with Crippen LogP contribution in [0.25, 0.3) is 11.1 Å². The molecule has 3 aliphatic rings. The van der Waals surface area contributed by atoms with E-state index < -0.39 is 11.4 Å². The molecule has 33 heavy (non-hydrogen) atoms. The molecule has 6 nitrogen and oxygen atoms in total. The molecule has 0 aromatic heterocycles. The molecule has 0 radical (unpaired) electrons. The van der Waals surface area contributed by atoms with Gasteiger partial charge in [-0.05, 0) is 62.9 Å². The van der Waals surface area contributed by atoms with Gasteiger partial charge in [-0.15, -0.1) is 0 Å². The highest BCUT2D eigenvalue weighted by molar-refractivity contribution is 6.32. The highest BCUT2D eigenvalue weighted by atomic mass is 19.1. The van der Waals surface area contributed by atoms with Crippen LogP contribution in [0.1, 0.15) is 35.3 Å². The standard InChI is InChI=1S/C26H26FN3O3/c1-26(2)20(15-22(33-26)23-19-9-8-18(27)14-21(19)28-24(23)31)16-4-6-17(7-5-16)25(32)30-12-10-29(3)11-13-30/h4-9,14-15H,10-13H2,1-3H3,(H,28,31)/b23-22+. The minimum Gasteiger partial charge on any atom is -0.482 e. The molecule has 2 aromatic carbocycles. The number of carbonyl (C=O) groups excluding carboxylic acids is 2. The van der Waals surface area contributed by atoms with Crippen molar-refractivity contribution in [2.45, 2.75) is 19.4 Å². The Bertz CT molecular complexity index is 1210. The first-order valence-corrected chi connectivity index (χ1v) is 11.1. The quantitative estimate of drug-likeness (QED) is 0.712. The number of nitrogens with one attached hydrogen (secondary N) is 1. The zero-order valence-electron chi connectivity index (χ0n) is 18.9. The van der Waals surface area contributed by atoms with Crippen molar-refractivity contribution >= 4 is 28.6 Å². The number of benzene rings is 2. The fraction of sp³-hybridized carbons (Fsp3) is 0.308. The molecule has 0 saturated carbocycles. The van der Waals surface area contributed by atoms with E-state index >= 15 is 0 Å². The number of allylic oxidation sites excluding steroid dienone is 1. The molecule has 7 heteroatoms. The lowest BCUT2D eigenvalue weighted by Gasteiger charge is -2.32. The number of rotatable bonds is 2. The van der Waals surface area contributed by atoms with E-state index in [0.717, 1.165) is 37.3 Å². The average molecular weight is 448 g/mol. The van der Waals surface area contributed by atoms with Crippen molar-refractivity contribution in [1.82, 2.24) is 9.80 Å². The first kappa shape index (κ1) is 21.4. The summed E-state index contributed by atoms with van der Waals surface area (Å²) in [4.78, 5) is 29.6. The van der Waals surface area contributed by atoms with Gasteiger partial charge in [-0.2, -0.15) is 0 Å². The zero-order chi connectivity index (χ0) is 23.3. The van der Waals surface area contributed by atoms with Crippen LogP contribution >= 0.6 is 0 Å². The summed E-state index contributed by atoms with van der Waals surface area (Å²) in [5.41, 5.74) is 3.28. The molecule has 5 rings (SSSR count). The Balaban J connectivity index is 1.45. The van der Waals surface area contributed by atoms with E-state index in [1.54, 1.807) is 6.07 Å². The van der Waals surface area contributed by atoms with Crippen LogP contribution in [0.4, 0.5) is 10.1 Å². The van der Waals surface area contributed by atoms with Crippen molar-refractivity contribution in [2.75, 3.05) is 38.5 Å². The molecule has 0 bridgehead atoms. The van der Waals surface area contributed by atoms with Crippen molar-refractivity contribution < 1.29 is 18.7 Å². The Hall–Kier alpha value is -3.45. The van der Waals surface area contributed by atoms with E-state index in [-0.39, 0.29) is 11.8 Å². The fourth-order valence-electron chi connectivity index (χ4n) is 4.59. The predicted molar refractivity (Wildman–Crippen MR) is 125 cm³/mol. The van der Waals surface area contributed by atoms with E-state index in [9.17, 15) is 14.0 Å². The normalized spacial score (nSPS) is 22.0. The lowest BCUT2D eigenvalue weighted by molar-refractivity contribution is -0.111. The molecular weight excluding hydrogens is 421 g/mol. The molecule has 1 fully saturated rings. The number of amides is 2. The smallest absolute Gasteiger partial charge is 0.260 e. The van der Waals surface area contributed by atoms with Crippen LogP contribution in [0.3, 0.4) is 0 Å². The van der Waals surface area contributed by atoms with Gasteiger partial charge in [0, 0.05) is 42.9 Å². The molecule has 170 valence electrons. The van der Waals surface area contributed by atoms with E-state index in [4.69, 9.17) is 4.74 Å². The topological polar surface area (TPSA) is 61.9 Å². The minimum absolute atomic E-state index is 0.0415. The summed E-state index contributed by atoms with van der Waals surface area (Å²) in [7, 11) is 2.06. The molecule has 0 unspecified atom stereocenters. The Morgan fingerprint density at radius 1 is 1.06 bits per heavy atom. The van der Waals surface area contributed by atoms with Crippen molar-refractivity contribution in [2.24, 2.45) is 0 Å². The predicted octanol–water partition coefficient (Wildman–Crippen LogP) is 3.77. The van der Waals surface area contributed by atoms with E-state index in [1.165, 1.54) is 12.1 Å². The zero-order valence-corrected chi connectivity index (χ0v) is 18.9. The highest BCUT2D eigenvalue weighted by Crippen LogP contribution is 2.44. The number of carbonyl (C=O) groups is 2. The molecule has 3 heterocycles. The number of piperazine rings is 1. The number of nitrogens with zero attached hydrogens (tertiary/aromatic N) is 2. The SMILES string of the molecule is CN1CCN(C(=O)c2ccc(C3=C/C(=C4\C(=O)Nc5cc(F)ccc54)OC3(C)C)cc2)CC1. The van der Waals surface area contributed by atoms with Gasteiger partial charge >= 0.3 is 0 Å². The largest absolute Gasteiger partial charge is 0.482 e. The van der Waals surface area contributed by atoms with Crippen molar-refractivity contribution in [1.29, 1.82) is 0 Å². The molecule has 1 N–H and O–H groups in total. The van der Waals surface area contributed by atoms with Crippen molar-refractivity contribution in [3.8, 4) is 0 Å². The third-order valence-electron chi connectivity index (χ3n) is 6.50. The summed E-state index contributed by atoms with van der Waals surface area (Å²) < 4.78 is 19.8. The first-order chi connectivity index (χ1) is 15.7. The van der Waals surface area contributed by atoms with Gasteiger partial charge in [0.25, 0.3) is 11.8 Å². The summed E-state index contributed by atoms with van der Waals surface area (Å²) in [6, 6.07) is 11.8. The minimum atomic E-state index is -0.672. The molecule has 0 aliphatic carbocycles. The second kappa shape index (κ2) is 7.85.